The number of hydrogen-bond acceptors (Lipinski definition) is 4. The monoisotopic (exact) mass is 518 g/mol. The second-order valence-corrected chi connectivity index (χ2v) is 10.2. The molecule has 1 aromatic carbocycles. The Morgan fingerprint density at radius 3 is 2.73 bits per heavy atom. The maximum absolute atomic E-state index is 12.3. The average molecular weight is 519 g/mol. The van der Waals surface area contributed by atoms with Gasteiger partial charge in [0.1, 0.15) is 16.5 Å². The molecule has 1 fully saturated rings. The normalized spacial score (nSPS) is 15.8. The summed E-state index contributed by atoms with van der Waals surface area (Å²) in [5.41, 5.74) is 4.41. The summed E-state index contributed by atoms with van der Waals surface area (Å²) in [7, 11) is -1.09. The lowest BCUT2D eigenvalue weighted by Gasteiger charge is -2.13. The minimum atomic E-state index is -1.09. The van der Waals surface area contributed by atoms with E-state index in [1.54, 1.807) is 12.3 Å². The number of aromatic nitrogens is 3. The number of halogens is 2. The zero-order chi connectivity index (χ0) is 18.4. The first-order chi connectivity index (χ1) is 12.5. The Hall–Kier alpha value is -0.760. The van der Waals surface area contributed by atoms with Crippen molar-refractivity contribution in [2.45, 2.75) is 30.6 Å². The summed E-state index contributed by atoms with van der Waals surface area (Å²) in [5.74, 6) is 1.52. The lowest BCUT2D eigenvalue weighted by molar-refractivity contribution is 0.687. The van der Waals surface area contributed by atoms with Crippen LogP contribution in [0.4, 0.5) is 11.4 Å². The highest BCUT2D eigenvalue weighted by atomic mass is 127. The third kappa shape index (κ3) is 3.51. The van der Waals surface area contributed by atoms with Crippen LogP contribution in [0.25, 0.3) is 11.2 Å². The third-order valence-corrected chi connectivity index (χ3v) is 7.77. The Bertz CT molecular complexity index is 1040. The Kier molecular flexibility index (Phi) is 5.25. The van der Waals surface area contributed by atoms with E-state index in [1.807, 2.05) is 17.3 Å². The zero-order valence-electron chi connectivity index (χ0n) is 14.2. The van der Waals surface area contributed by atoms with Gasteiger partial charge >= 0.3 is 0 Å². The molecule has 2 aromatic heterocycles. The summed E-state index contributed by atoms with van der Waals surface area (Å²) in [5, 5.41) is 3.80. The van der Waals surface area contributed by atoms with Crippen LogP contribution in [0.5, 0.6) is 0 Å². The fourth-order valence-electron chi connectivity index (χ4n) is 3.02. The second-order valence-electron chi connectivity index (χ2n) is 6.35. The quantitative estimate of drug-likeness (QED) is 0.274. The number of imidazole rings is 1. The minimum absolute atomic E-state index is 0.407. The van der Waals surface area contributed by atoms with Gasteiger partial charge < -0.3 is 5.32 Å². The molecule has 0 amide bonds. The number of aryl methyl sites for hydroxylation is 1. The van der Waals surface area contributed by atoms with Crippen molar-refractivity contribution in [2.24, 2.45) is 0 Å². The van der Waals surface area contributed by atoms with Crippen molar-refractivity contribution in [2.75, 3.05) is 11.6 Å². The first kappa shape index (κ1) is 18.6. The molecule has 0 saturated heterocycles. The van der Waals surface area contributed by atoms with Crippen LogP contribution in [0, 0.1) is 6.92 Å². The molecule has 1 aliphatic carbocycles. The van der Waals surface area contributed by atoms with E-state index in [4.69, 9.17) is 11.6 Å². The lowest BCUT2D eigenvalue weighted by atomic mass is 10.1. The maximum Gasteiger partial charge on any atom is 0.167 e. The van der Waals surface area contributed by atoms with Gasteiger partial charge in [-0.3, -0.25) is 8.55 Å². The van der Waals surface area contributed by atoms with E-state index in [9.17, 15) is 4.21 Å². The molecule has 1 aliphatic rings. The smallest absolute Gasteiger partial charge is 0.167 e. The standard InChI is InChI=1S/C17H17ClIN4OPS/c1-9-20-16-13(8-15(18)22-17(16)23(9)25-19)21-12-6-5-11(10-3-4-10)7-14(12)26(2)24/h5-8,10,25H,3-4H2,1-2H3,(H,21,22). The van der Waals surface area contributed by atoms with E-state index in [0.29, 0.717) is 17.4 Å². The molecule has 0 spiro atoms. The predicted molar refractivity (Wildman–Crippen MR) is 119 cm³/mol. The van der Waals surface area contributed by atoms with Gasteiger partial charge in [-0.25, -0.2) is 9.97 Å². The summed E-state index contributed by atoms with van der Waals surface area (Å²) in [4.78, 5) is 9.91. The number of hydrogen-bond donors (Lipinski definition) is 1. The Balaban J connectivity index is 1.81. The van der Waals surface area contributed by atoms with Crippen molar-refractivity contribution >= 4 is 73.4 Å². The molecule has 3 aromatic rings. The van der Waals surface area contributed by atoms with Crippen LogP contribution in [-0.2, 0) is 10.8 Å². The number of rotatable bonds is 5. The molecule has 0 bridgehead atoms. The van der Waals surface area contributed by atoms with Crippen LogP contribution in [-0.4, -0.2) is 24.8 Å². The largest absolute Gasteiger partial charge is 0.353 e. The topological polar surface area (TPSA) is 59.8 Å². The average Bonchev–Trinajstić information content (AvgIpc) is 3.38. The Morgan fingerprint density at radius 2 is 2.08 bits per heavy atom. The van der Waals surface area contributed by atoms with E-state index in [1.165, 1.54) is 18.4 Å². The van der Waals surface area contributed by atoms with Gasteiger partial charge in [-0.05, 0) is 65.4 Å². The number of fused-ring (bicyclic) bond motifs is 1. The van der Waals surface area contributed by atoms with Crippen LogP contribution < -0.4 is 5.32 Å². The molecule has 2 heterocycles. The van der Waals surface area contributed by atoms with E-state index in [-0.39, 0.29) is 0 Å². The van der Waals surface area contributed by atoms with Crippen molar-refractivity contribution in [1.29, 1.82) is 0 Å². The minimum Gasteiger partial charge on any atom is -0.353 e. The molecule has 0 radical (unpaired) electrons. The van der Waals surface area contributed by atoms with Crippen molar-refractivity contribution in [3.63, 3.8) is 0 Å². The van der Waals surface area contributed by atoms with E-state index < -0.39 is 10.8 Å². The van der Waals surface area contributed by atoms with Gasteiger partial charge in [0.05, 0.1) is 33.4 Å². The molecule has 2 atom stereocenters. The molecule has 2 unspecified atom stereocenters. The molecule has 9 heteroatoms. The van der Waals surface area contributed by atoms with Crippen LogP contribution >= 0.6 is 40.0 Å². The molecular formula is C17H17ClIN4OPS. The van der Waals surface area contributed by atoms with Crippen LogP contribution in [0.1, 0.15) is 30.1 Å². The Labute approximate surface area is 174 Å². The van der Waals surface area contributed by atoms with E-state index in [0.717, 1.165) is 33.3 Å². The van der Waals surface area contributed by atoms with Crippen LogP contribution in [0.3, 0.4) is 0 Å². The number of anilines is 2. The van der Waals surface area contributed by atoms with Crippen LogP contribution in [0.2, 0.25) is 5.15 Å². The molecule has 5 nitrogen and oxygen atoms in total. The van der Waals surface area contributed by atoms with Gasteiger partial charge in [0.15, 0.2) is 5.65 Å². The number of nitrogens with one attached hydrogen (secondary N) is 1. The summed E-state index contributed by atoms with van der Waals surface area (Å²) in [6.45, 7) is 1.96. The van der Waals surface area contributed by atoms with Gasteiger partial charge in [0, 0.05) is 12.3 Å². The third-order valence-electron chi connectivity index (χ3n) is 4.47. The molecule has 1 N–H and O–H groups in total. The predicted octanol–water partition coefficient (Wildman–Crippen LogP) is 5.54. The van der Waals surface area contributed by atoms with Gasteiger partial charge in [-0.2, -0.15) is 0 Å². The SMILES string of the molecule is Cc1nc2c(Nc3ccc(C4CC4)cc3S(C)=O)cc(Cl)nc2n1PI. The van der Waals surface area contributed by atoms with Gasteiger partial charge in [0.2, 0.25) is 0 Å². The second kappa shape index (κ2) is 7.34. The van der Waals surface area contributed by atoms with Crippen molar-refractivity contribution in [1.82, 2.24) is 14.3 Å². The summed E-state index contributed by atoms with van der Waals surface area (Å²) in [6.07, 6.45) is 4.64. The van der Waals surface area contributed by atoms with Crippen LogP contribution in [0.15, 0.2) is 29.2 Å². The van der Waals surface area contributed by atoms with Gasteiger partial charge in [-0.1, -0.05) is 17.7 Å². The van der Waals surface area contributed by atoms with Crippen molar-refractivity contribution in [3.05, 3.63) is 40.8 Å². The van der Waals surface area contributed by atoms with Crippen molar-refractivity contribution in [3.8, 4) is 0 Å². The number of pyridine rings is 1. The summed E-state index contributed by atoms with van der Waals surface area (Å²) in [6, 6.07) is 7.96. The van der Waals surface area contributed by atoms with Gasteiger partial charge in [0.25, 0.3) is 0 Å². The highest BCUT2D eigenvalue weighted by Crippen LogP contribution is 2.42. The zero-order valence-corrected chi connectivity index (χ0v) is 18.9. The number of benzene rings is 1. The highest BCUT2D eigenvalue weighted by Gasteiger charge is 2.25. The molecule has 136 valence electrons. The van der Waals surface area contributed by atoms with E-state index >= 15 is 0 Å². The fourth-order valence-corrected chi connectivity index (χ4v) is 6.08. The summed E-state index contributed by atoms with van der Waals surface area (Å²) >= 11 is 8.56. The van der Waals surface area contributed by atoms with Gasteiger partial charge in [-0.15, -0.1) is 0 Å². The first-order valence-electron chi connectivity index (χ1n) is 8.14. The number of nitrogens with zero attached hydrogens (tertiary/aromatic N) is 3. The lowest BCUT2D eigenvalue weighted by Crippen LogP contribution is -2.00. The fraction of sp³-hybridized carbons (Fsp3) is 0.294. The molecule has 1 saturated carbocycles. The molecule has 26 heavy (non-hydrogen) atoms. The highest BCUT2D eigenvalue weighted by molar-refractivity contribution is 14.2. The Morgan fingerprint density at radius 1 is 1.31 bits per heavy atom. The maximum atomic E-state index is 12.3. The molecule has 0 aliphatic heterocycles. The molecular weight excluding hydrogens is 502 g/mol. The molecule has 4 rings (SSSR count). The summed E-state index contributed by atoms with van der Waals surface area (Å²) < 4.78 is 14.3. The van der Waals surface area contributed by atoms with E-state index in [2.05, 4.69) is 49.5 Å². The first-order valence-corrected chi connectivity index (χ1v) is 14.1. The van der Waals surface area contributed by atoms with Crippen molar-refractivity contribution < 1.29 is 4.21 Å².